The second kappa shape index (κ2) is 14.5. The molecule has 1 N–H and O–H groups in total. The highest BCUT2D eigenvalue weighted by atomic mass is 19.4. The van der Waals surface area contributed by atoms with Crippen molar-refractivity contribution in [2.75, 3.05) is 28.1 Å². The molecule has 0 saturated carbocycles. The van der Waals surface area contributed by atoms with Crippen LogP contribution in [0, 0.1) is 0 Å². The van der Waals surface area contributed by atoms with Gasteiger partial charge in [0.25, 0.3) is 0 Å². The maximum atomic E-state index is 13.1. The van der Waals surface area contributed by atoms with E-state index in [2.05, 4.69) is 20.1 Å². The maximum absolute atomic E-state index is 13.1. The summed E-state index contributed by atoms with van der Waals surface area (Å²) in [6.45, 7) is -0.371. The Hall–Kier alpha value is -4.91. The molecule has 216 valence electrons. The Labute approximate surface area is 233 Å². The molecular weight excluding hydrogens is 547 g/mol. The summed E-state index contributed by atoms with van der Waals surface area (Å²) in [4.78, 5) is 25.5. The third-order valence-electron chi connectivity index (χ3n) is 5.33. The van der Waals surface area contributed by atoms with E-state index < -0.39 is 29.7 Å². The number of alkyl halides is 3. The summed E-state index contributed by atoms with van der Waals surface area (Å²) in [6, 6.07) is 16.2. The van der Waals surface area contributed by atoms with Crippen molar-refractivity contribution in [3.8, 4) is 22.6 Å². The molecule has 0 fully saturated rings. The van der Waals surface area contributed by atoms with Gasteiger partial charge in [-0.25, -0.2) is 4.79 Å². The summed E-state index contributed by atoms with van der Waals surface area (Å²) in [5, 5.41) is 17.1. The Morgan fingerprint density at radius 1 is 0.976 bits per heavy atom. The van der Waals surface area contributed by atoms with Gasteiger partial charge in [0.2, 0.25) is 6.29 Å². The number of carboxylic acid groups (broad SMARTS) is 1. The van der Waals surface area contributed by atoms with E-state index in [0.29, 0.717) is 16.9 Å². The van der Waals surface area contributed by atoms with E-state index in [1.165, 1.54) is 52.0 Å². The van der Waals surface area contributed by atoms with Crippen molar-refractivity contribution >= 4 is 24.1 Å². The van der Waals surface area contributed by atoms with Crippen LogP contribution in [-0.4, -0.2) is 63.6 Å². The molecule has 0 bridgehead atoms. The van der Waals surface area contributed by atoms with Gasteiger partial charge in [0.15, 0.2) is 12.4 Å². The Morgan fingerprint density at radius 2 is 1.71 bits per heavy atom. The summed E-state index contributed by atoms with van der Waals surface area (Å²) in [5.41, 5.74) is -0.126. The minimum atomic E-state index is -4.51. The van der Waals surface area contributed by atoms with E-state index in [0.717, 1.165) is 12.1 Å². The van der Waals surface area contributed by atoms with Crippen molar-refractivity contribution in [2.45, 2.75) is 12.5 Å². The molecule has 0 amide bonds. The monoisotopic (exact) mass is 573 g/mol. The fourth-order valence-corrected chi connectivity index (χ4v) is 3.59. The van der Waals surface area contributed by atoms with E-state index in [1.807, 2.05) is 0 Å². The molecule has 41 heavy (non-hydrogen) atoms. The van der Waals surface area contributed by atoms with Crippen LogP contribution in [0.5, 0.6) is 11.5 Å². The van der Waals surface area contributed by atoms with Crippen molar-refractivity contribution < 1.29 is 47.0 Å². The van der Waals surface area contributed by atoms with E-state index in [9.17, 15) is 23.1 Å². The van der Waals surface area contributed by atoms with Crippen LogP contribution in [-0.2, 0) is 25.4 Å². The molecule has 10 nitrogen and oxygen atoms in total. The summed E-state index contributed by atoms with van der Waals surface area (Å²) >= 11 is 0. The lowest BCUT2D eigenvalue weighted by Gasteiger charge is -2.19. The molecule has 0 spiro atoms. The highest BCUT2D eigenvalue weighted by Gasteiger charge is 2.30. The number of nitrogens with zero attached hydrogens (tertiary/aromatic N) is 3. The predicted molar refractivity (Wildman–Crippen MR) is 145 cm³/mol. The number of carboxylic acids is 1. The molecule has 0 aliphatic rings. The highest BCUT2D eigenvalue weighted by Crippen LogP contribution is 2.39. The van der Waals surface area contributed by atoms with Crippen molar-refractivity contribution in [1.82, 2.24) is 0 Å². The number of hydrogen-bond acceptors (Lipinski definition) is 9. The number of ether oxygens (including phenoxy) is 3. The molecule has 0 radical (unpaired) electrons. The van der Waals surface area contributed by atoms with Crippen molar-refractivity contribution in [1.29, 1.82) is 0 Å². The number of halogens is 3. The summed E-state index contributed by atoms with van der Waals surface area (Å²) in [6.07, 6.45) is -2.92. The van der Waals surface area contributed by atoms with E-state index in [4.69, 9.17) is 19.0 Å². The average Bonchev–Trinajstić information content (AvgIpc) is 2.96. The number of rotatable bonds is 13. The Morgan fingerprint density at radius 3 is 2.39 bits per heavy atom. The van der Waals surface area contributed by atoms with Gasteiger partial charge in [-0.2, -0.15) is 13.2 Å². The van der Waals surface area contributed by atoms with Crippen LogP contribution in [0.15, 0.2) is 82.0 Å². The smallest absolute Gasteiger partial charge is 0.416 e. The van der Waals surface area contributed by atoms with Crippen molar-refractivity contribution in [2.24, 2.45) is 15.3 Å². The highest BCUT2D eigenvalue weighted by molar-refractivity contribution is 6.43. The van der Waals surface area contributed by atoms with Gasteiger partial charge in [0, 0.05) is 24.5 Å². The van der Waals surface area contributed by atoms with Crippen LogP contribution in [0.25, 0.3) is 11.1 Å². The molecule has 0 saturated heterocycles. The molecule has 0 aliphatic carbocycles. The predicted octanol–water partition coefficient (Wildman–Crippen LogP) is 5.25. The van der Waals surface area contributed by atoms with E-state index >= 15 is 0 Å². The molecule has 3 aromatic rings. The number of benzene rings is 3. The zero-order chi connectivity index (χ0) is 29.8. The third-order valence-corrected chi connectivity index (χ3v) is 5.33. The first-order valence-electron chi connectivity index (χ1n) is 11.8. The average molecular weight is 574 g/mol. The first kappa shape index (κ1) is 30.6. The maximum Gasteiger partial charge on any atom is 0.416 e. The zero-order valence-electron chi connectivity index (χ0n) is 22.2. The topological polar surface area (TPSA) is 121 Å². The molecule has 0 aromatic heterocycles. The molecule has 13 heteroatoms. The SMILES string of the molecule is CO/N=C/C(OC)Oc1ccccc1-c1cccc(/C(=N\OC)C(=O)O)c1OC/N=C/c1cccc(C(F)(F)F)c1. The van der Waals surface area contributed by atoms with Crippen LogP contribution in [0.3, 0.4) is 0 Å². The number of hydrogen-bond donors (Lipinski definition) is 1. The first-order valence-corrected chi connectivity index (χ1v) is 11.8. The minimum absolute atomic E-state index is 0.0578. The van der Waals surface area contributed by atoms with Gasteiger partial charge in [-0.3, -0.25) is 4.99 Å². The number of para-hydroxylation sites is 2. The molecule has 3 rings (SSSR count). The summed E-state index contributed by atoms with van der Waals surface area (Å²) in [7, 11) is 3.97. The minimum Gasteiger partial charge on any atom is -0.476 e. The van der Waals surface area contributed by atoms with Crippen molar-refractivity contribution in [3.05, 3.63) is 83.4 Å². The second-order valence-electron chi connectivity index (χ2n) is 7.97. The van der Waals surface area contributed by atoms with Crippen molar-refractivity contribution in [3.63, 3.8) is 0 Å². The normalized spacial score (nSPS) is 12.9. The van der Waals surface area contributed by atoms with Gasteiger partial charge < -0.3 is 29.0 Å². The zero-order valence-corrected chi connectivity index (χ0v) is 22.2. The lowest BCUT2D eigenvalue weighted by molar-refractivity contribution is -0.137. The number of oxime groups is 2. The number of methoxy groups -OCH3 is 1. The second-order valence-corrected chi connectivity index (χ2v) is 7.97. The van der Waals surface area contributed by atoms with Crippen LogP contribution < -0.4 is 9.47 Å². The standard InChI is InChI=1S/C28H26F3N3O7/c1-37-24(16-33-38-2)41-23-13-5-4-10-20(23)21-11-7-12-22(25(27(35)36)34-39-3)26(21)40-17-32-15-18-8-6-9-19(14-18)28(29,30)31/h4-16,24H,17H2,1-3H3,(H,35,36)/b32-15+,33-16+,34-25+. The van der Waals surface area contributed by atoms with Gasteiger partial charge in [-0.05, 0) is 29.8 Å². The van der Waals surface area contributed by atoms with Gasteiger partial charge in [0.05, 0.1) is 11.1 Å². The molecule has 1 unspecified atom stereocenters. The van der Waals surface area contributed by atoms with Crippen LogP contribution >= 0.6 is 0 Å². The Kier molecular flexibility index (Phi) is 10.8. The Balaban J connectivity index is 2.04. The lowest BCUT2D eigenvalue weighted by atomic mass is 9.98. The Bertz CT molecular complexity index is 1430. The first-order chi connectivity index (χ1) is 19.7. The summed E-state index contributed by atoms with van der Waals surface area (Å²) in [5.74, 6) is -1.000. The molecule has 0 heterocycles. The van der Waals surface area contributed by atoms with Gasteiger partial charge in [0.1, 0.15) is 31.9 Å². The van der Waals surface area contributed by atoms with Gasteiger partial charge in [-0.15, -0.1) is 0 Å². The quantitative estimate of drug-likeness (QED) is 0.169. The fraction of sp³-hybridized carbons (Fsp3) is 0.214. The molecule has 3 aromatic carbocycles. The number of aliphatic carboxylic acids is 1. The van der Waals surface area contributed by atoms with Gasteiger partial charge >= 0.3 is 12.1 Å². The summed E-state index contributed by atoms with van der Waals surface area (Å²) < 4.78 is 56.3. The van der Waals surface area contributed by atoms with Crippen LogP contribution in [0.2, 0.25) is 0 Å². The number of aliphatic imine (C=N–C) groups is 1. The molecule has 1 atom stereocenters. The van der Waals surface area contributed by atoms with Crippen LogP contribution in [0.4, 0.5) is 13.2 Å². The molecule has 0 aliphatic heterocycles. The fourth-order valence-electron chi connectivity index (χ4n) is 3.59. The third kappa shape index (κ3) is 8.29. The molecular formula is C28H26F3N3O7. The lowest BCUT2D eigenvalue weighted by Crippen LogP contribution is -2.21. The largest absolute Gasteiger partial charge is 0.476 e. The van der Waals surface area contributed by atoms with Crippen LogP contribution in [0.1, 0.15) is 16.7 Å². The van der Waals surface area contributed by atoms with Gasteiger partial charge in [-0.1, -0.05) is 52.8 Å². The van der Waals surface area contributed by atoms with E-state index in [1.54, 1.807) is 36.4 Å². The number of carbonyl (C=O) groups is 1. The van der Waals surface area contributed by atoms with E-state index in [-0.39, 0.29) is 23.6 Å².